The monoisotopic (exact) mass is 194 g/mol. The molecule has 0 radical (unpaired) electrons. The minimum absolute atomic E-state index is 0.132. The predicted molar refractivity (Wildman–Crippen MR) is 46.7 cm³/mol. The van der Waals surface area contributed by atoms with Crippen molar-refractivity contribution in [2.45, 2.75) is 19.4 Å². The Morgan fingerprint density at radius 2 is 2.50 bits per heavy atom. The van der Waals surface area contributed by atoms with Gasteiger partial charge in [-0.05, 0) is 12.0 Å². The number of carboxylic acid groups (broad SMARTS) is 1. The molecule has 2 rings (SSSR count). The van der Waals surface area contributed by atoms with Gasteiger partial charge in [-0.25, -0.2) is 9.97 Å². The summed E-state index contributed by atoms with van der Waals surface area (Å²) in [5, 5.41) is 8.56. The summed E-state index contributed by atoms with van der Waals surface area (Å²) in [4.78, 5) is 18.5. The minimum Gasteiger partial charge on any atom is -0.481 e. The Morgan fingerprint density at radius 1 is 1.64 bits per heavy atom. The second-order valence-corrected chi connectivity index (χ2v) is 3.13. The van der Waals surface area contributed by atoms with Crippen molar-refractivity contribution in [2.24, 2.45) is 0 Å². The van der Waals surface area contributed by atoms with Gasteiger partial charge in [0.25, 0.3) is 0 Å². The lowest BCUT2D eigenvalue weighted by molar-refractivity contribution is -0.136. The third kappa shape index (κ3) is 1.88. The molecule has 5 nitrogen and oxygen atoms in total. The van der Waals surface area contributed by atoms with Gasteiger partial charge < -0.3 is 9.84 Å². The Labute approximate surface area is 80.8 Å². The van der Waals surface area contributed by atoms with E-state index in [1.165, 1.54) is 0 Å². The molecule has 0 spiro atoms. The van der Waals surface area contributed by atoms with Crippen LogP contribution in [0.25, 0.3) is 0 Å². The van der Waals surface area contributed by atoms with Crippen LogP contribution in [-0.4, -0.2) is 27.7 Å². The van der Waals surface area contributed by atoms with E-state index in [4.69, 9.17) is 9.84 Å². The van der Waals surface area contributed by atoms with E-state index in [1.54, 1.807) is 6.20 Å². The van der Waals surface area contributed by atoms with E-state index in [0.29, 0.717) is 19.0 Å². The van der Waals surface area contributed by atoms with Gasteiger partial charge in [-0.15, -0.1) is 0 Å². The number of hydrogen-bond donors (Lipinski definition) is 1. The molecule has 0 aliphatic carbocycles. The van der Waals surface area contributed by atoms with E-state index in [1.807, 2.05) is 0 Å². The van der Waals surface area contributed by atoms with Crippen LogP contribution in [0.4, 0.5) is 0 Å². The zero-order valence-corrected chi connectivity index (χ0v) is 7.56. The Balaban J connectivity index is 2.24. The summed E-state index contributed by atoms with van der Waals surface area (Å²) in [6.07, 6.45) is 2.37. The van der Waals surface area contributed by atoms with Crippen molar-refractivity contribution in [1.82, 2.24) is 9.97 Å². The fourth-order valence-electron chi connectivity index (χ4n) is 1.39. The van der Waals surface area contributed by atoms with Gasteiger partial charge in [-0.3, -0.25) is 4.79 Å². The molecule has 0 bridgehead atoms. The normalized spacial score (nSPS) is 14.9. The fraction of sp³-hybridized carbons (Fsp3) is 0.444. The fourth-order valence-corrected chi connectivity index (χ4v) is 1.39. The number of carboxylic acids is 1. The summed E-state index contributed by atoms with van der Waals surface area (Å²) in [6, 6.07) is 0. The lowest BCUT2D eigenvalue weighted by Crippen LogP contribution is -2.15. The van der Waals surface area contributed by atoms with Gasteiger partial charge >= 0.3 is 5.97 Å². The van der Waals surface area contributed by atoms with Crippen molar-refractivity contribution in [3.05, 3.63) is 23.3 Å². The van der Waals surface area contributed by atoms with Crippen LogP contribution >= 0.6 is 0 Å². The van der Waals surface area contributed by atoms with Crippen molar-refractivity contribution in [3.63, 3.8) is 0 Å². The van der Waals surface area contributed by atoms with Gasteiger partial charge in [-0.1, -0.05) is 0 Å². The van der Waals surface area contributed by atoms with Crippen LogP contribution in [-0.2, 0) is 29.0 Å². The molecule has 0 saturated heterocycles. The topological polar surface area (TPSA) is 72.3 Å². The Bertz CT molecular complexity index is 365. The quantitative estimate of drug-likeness (QED) is 0.726. The standard InChI is InChI=1S/C9H10N2O3/c12-9(13)3-8-10-4-6-1-2-14-5-7(6)11-8/h4H,1-3,5H2,(H,12,13). The predicted octanol–water partition coefficient (Wildman–Crippen LogP) is 0.176. The molecule has 0 amide bonds. The summed E-state index contributed by atoms with van der Waals surface area (Å²) in [6.45, 7) is 1.15. The molecule has 0 atom stereocenters. The highest BCUT2D eigenvalue weighted by atomic mass is 16.5. The summed E-state index contributed by atoms with van der Waals surface area (Å²) in [5.41, 5.74) is 1.88. The molecule has 1 aliphatic heterocycles. The first-order valence-corrected chi connectivity index (χ1v) is 4.39. The van der Waals surface area contributed by atoms with Crippen molar-refractivity contribution >= 4 is 5.97 Å². The highest BCUT2D eigenvalue weighted by molar-refractivity contribution is 5.68. The maximum atomic E-state index is 10.4. The first-order chi connectivity index (χ1) is 6.75. The number of carbonyl (C=O) groups is 1. The largest absolute Gasteiger partial charge is 0.481 e. The molecular formula is C9H10N2O3. The van der Waals surface area contributed by atoms with E-state index in [2.05, 4.69) is 9.97 Å². The molecule has 14 heavy (non-hydrogen) atoms. The number of hydrogen-bond acceptors (Lipinski definition) is 4. The zero-order valence-electron chi connectivity index (χ0n) is 7.56. The van der Waals surface area contributed by atoms with Crippen molar-refractivity contribution in [3.8, 4) is 0 Å². The van der Waals surface area contributed by atoms with Crippen molar-refractivity contribution in [2.75, 3.05) is 6.61 Å². The molecule has 0 fully saturated rings. The third-order valence-electron chi connectivity index (χ3n) is 2.07. The van der Waals surface area contributed by atoms with Crippen LogP contribution in [0.3, 0.4) is 0 Å². The van der Waals surface area contributed by atoms with Crippen LogP contribution in [0.15, 0.2) is 6.20 Å². The first-order valence-electron chi connectivity index (χ1n) is 4.39. The molecule has 1 N–H and O–H groups in total. The van der Waals surface area contributed by atoms with E-state index in [9.17, 15) is 4.79 Å². The molecule has 1 aromatic rings. The van der Waals surface area contributed by atoms with Crippen molar-refractivity contribution < 1.29 is 14.6 Å². The Kier molecular flexibility index (Phi) is 2.41. The van der Waals surface area contributed by atoms with Crippen LogP contribution < -0.4 is 0 Å². The molecule has 0 unspecified atom stereocenters. The molecule has 0 saturated carbocycles. The van der Waals surface area contributed by atoms with Gasteiger partial charge in [-0.2, -0.15) is 0 Å². The molecule has 5 heteroatoms. The number of ether oxygens (including phenoxy) is 1. The highest BCUT2D eigenvalue weighted by Crippen LogP contribution is 2.13. The lowest BCUT2D eigenvalue weighted by atomic mass is 10.1. The average Bonchev–Trinajstić information content (AvgIpc) is 2.17. The van der Waals surface area contributed by atoms with E-state index in [0.717, 1.165) is 17.7 Å². The maximum Gasteiger partial charge on any atom is 0.311 e. The van der Waals surface area contributed by atoms with Crippen molar-refractivity contribution in [1.29, 1.82) is 0 Å². The molecule has 1 aliphatic rings. The molecule has 0 aromatic carbocycles. The smallest absolute Gasteiger partial charge is 0.311 e. The zero-order chi connectivity index (χ0) is 9.97. The Hall–Kier alpha value is -1.49. The number of aliphatic carboxylic acids is 1. The van der Waals surface area contributed by atoms with Crippen LogP contribution in [0, 0.1) is 0 Å². The SMILES string of the molecule is O=C(O)Cc1ncc2c(n1)COCC2. The van der Waals surface area contributed by atoms with Gasteiger partial charge in [0.15, 0.2) is 0 Å². The van der Waals surface area contributed by atoms with E-state index in [-0.39, 0.29) is 6.42 Å². The number of nitrogens with zero attached hydrogens (tertiary/aromatic N) is 2. The minimum atomic E-state index is -0.915. The van der Waals surface area contributed by atoms with Gasteiger partial charge in [0, 0.05) is 6.20 Å². The van der Waals surface area contributed by atoms with Crippen LogP contribution in [0.1, 0.15) is 17.1 Å². The van der Waals surface area contributed by atoms with Crippen LogP contribution in [0.5, 0.6) is 0 Å². The molecule has 1 aromatic heterocycles. The van der Waals surface area contributed by atoms with Gasteiger partial charge in [0.1, 0.15) is 12.2 Å². The van der Waals surface area contributed by atoms with Gasteiger partial charge in [0.2, 0.25) is 0 Å². The van der Waals surface area contributed by atoms with Gasteiger partial charge in [0.05, 0.1) is 18.9 Å². The third-order valence-corrected chi connectivity index (χ3v) is 2.07. The highest BCUT2D eigenvalue weighted by Gasteiger charge is 2.13. The molecule has 74 valence electrons. The van der Waals surface area contributed by atoms with E-state index < -0.39 is 5.97 Å². The Morgan fingerprint density at radius 3 is 3.29 bits per heavy atom. The summed E-state index contributed by atoms with van der Waals surface area (Å²) in [5.74, 6) is -0.566. The first kappa shape index (κ1) is 9.08. The number of aromatic nitrogens is 2. The number of fused-ring (bicyclic) bond motifs is 1. The molecule has 2 heterocycles. The average molecular weight is 194 g/mol. The van der Waals surface area contributed by atoms with Crippen LogP contribution in [0.2, 0.25) is 0 Å². The summed E-state index contributed by atoms with van der Waals surface area (Å²) >= 11 is 0. The second-order valence-electron chi connectivity index (χ2n) is 3.13. The molecular weight excluding hydrogens is 184 g/mol. The summed E-state index contributed by atoms with van der Waals surface area (Å²) < 4.78 is 5.22. The maximum absolute atomic E-state index is 10.4. The second kappa shape index (κ2) is 3.71. The number of rotatable bonds is 2. The lowest BCUT2D eigenvalue weighted by Gasteiger charge is -2.14. The summed E-state index contributed by atoms with van der Waals surface area (Å²) in [7, 11) is 0. The van der Waals surface area contributed by atoms with E-state index >= 15 is 0 Å².